The zero-order valence-corrected chi connectivity index (χ0v) is 15.5. The van der Waals surface area contributed by atoms with Crippen molar-refractivity contribution in [1.82, 2.24) is 15.1 Å². The Labute approximate surface area is 153 Å². The van der Waals surface area contributed by atoms with Crippen molar-refractivity contribution in [3.05, 3.63) is 29.3 Å². The molecule has 4 amide bonds. The highest BCUT2D eigenvalue weighted by Crippen LogP contribution is 2.28. The predicted octanol–water partition coefficient (Wildman–Crippen LogP) is 1.47. The van der Waals surface area contributed by atoms with E-state index in [4.69, 9.17) is 0 Å². The predicted molar refractivity (Wildman–Crippen MR) is 99.3 cm³/mol. The number of carbonyl (C=O) groups is 3. The van der Waals surface area contributed by atoms with Crippen LogP contribution in [0.25, 0.3) is 0 Å². The van der Waals surface area contributed by atoms with Crippen molar-refractivity contribution in [3.63, 3.8) is 0 Å². The second-order valence-electron chi connectivity index (χ2n) is 6.81. The van der Waals surface area contributed by atoms with E-state index in [1.54, 1.807) is 27.8 Å². The summed E-state index contributed by atoms with van der Waals surface area (Å²) in [5.74, 6) is 0.0926. The van der Waals surface area contributed by atoms with Gasteiger partial charge in [0.15, 0.2) is 0 Å². The molecule has 2 aliphatic rings. The average molecular weight is 358 g/mol. The maximum absolute atomic E-state index is 12.8. The van der Waals surface area contributed by atoms with Crippen LogP contribution in [0.5, 0.6) is 0 Å². The van der Waals surface area contributed by atoms with Crippen molar-refractivity contribution in [2.75, 3.05) is 44.7 Å². The fourth-order valence-electron chi connectivity index (χ4n) is 3.43. The SMILES string of the molecule is CCCNC(=O)N1CCN(C(=O)c2ccc3c(c2)CCC(=O)N3C)CC1. The zero-order chi connectivity index (χ0) is 18.7. The molecular formula is C19H26N4O3. The third-order valence-corrected chi connectivity index (χ3v) is 5.05. The van der Waals surface area contributed by atoms with E-state index in [9.17, 15) is 14.4 Å². The normalized spacial score (nSPS) is 17.2. The Morgan fingerprint density at radius 1 is 1.08 bits per heavy atom. The lowest BCUT2D eigenvalue weighted by Crippen LogP contribution is -2.53. The van der Waals surface area contributed by atoms with Crippen LogP contribution < -0.4 is 10.2 Å². The van der Waals surface area contributed by atoms with Crippen molar-refractivity contribution < 1.29 is 14.4 Å². The van der Waals surface area contributed by atoms with Gasteiger partial charge in [0.2, 0.25) is 5.91 Å². The molecule has 0 aliphatic carbocycles. The van der Waals surface area contributed by atoms with E-state index in [1.807, 2.05) is 19.1 Å². The summed E-state index contributed by atoms with van der Waals surface area (Å²) in [7, 11) is 1.77. The number of hydrogen-bond donors (Lipinski definition) is 1. The first-order chi connectivity index (χ1) is 12.5. The Balaban J connectivity index is 1.62. The molecule has 3 rings (SSSR count). The zero-order valence-electron chi connectivity index (χ0n) is 15.5. The van der Waals surface area contributed by atoms with Crippen LogP contribution in [0.3, 0.4) is 0 Å². The molecule has 1 fully saturated rings. The van der Waals surface area contributed by atoms with E-state index < -0.39 is 0 Å². The highest BCUT2D eigenvalue weighted by Gasteiger charge is 2.26. The van der Waals surface area contributed by atoms with Crippen LogP contribution in [0, 0.1) is 0 Å². The number of hydrogen-bond acceptors (Lipinski definition) is 3. The van der Waals surface area contributed by atoms with Crippen LogP contribution >= 0.6 is 0 Å². The maximum Gasteiger partial charge on any atom is 0.317 e. The van der Waals surface area contributed by atoms with Crippen LogP contribution in [0.2, 0.25) is 0 Å². The molecule has 140 valence electrons. The van der Waals surface area contributed by atoms with Crippen LogP contribution in [-0.4, -0.2) is 67.4 Å². The number of urea groups is 1. The first-order valence-corrected chi connectivity index (χ1v) is 9.22. The van der Waals surface area contributed by atoms with Gasteiger partial charge in [-0.25, -0.2) is 4.79 Å². The second kappa shape index (κ2) is 7.76. The van der Waals surface area contributed by atoms with Crippen molar-refractivity contribution in [3.8, 4) is 0 Å². The summed E-state index contributed by atoms with van der Waals surface area (Å²) in [4.78, 5) is 41.8. The third-order valence-electron chi connectivity index (χ3n) is 5.05. The standard InChI is InChI=1S/C19H26N4O3/c1-3-8-20-19(26)23-11-9-22(10-12-23)18(25)15-4-6-16-14(13-15)5-7-17(24)21(16)2/h4,6,13H,3,5,7-12H2,1-2H3,(H,20,26). The minimum Gasteiger partial charge on any atom is -0.338 e. The molecule has 0 bridgehead atoms. The summed E-state index contributed by atoms with van der Waals surface area (Å²) < 4.78 is 0. The molecule has 26 heavy (non-hydrogen) atoms. The summed E-state index contributed by atoms with van der Waals surface area (Å²) in [6, 6.07) is 5.49. The maximum atomic E-state index is 12.8. The lowest BCUT2D eigenvalue weighted by atomic mass is 9.98. The molecular weight excluding hydrogens is 332 g/mol. The van der Waals surface area contributed by atoms with Gasteiger partial charge in [0.05, 0.1) is 0 Å². The number of nitrogens with zero attached hydrogens (tertiary/aromatic N) is 3. The van der Waals surface area contributed by atoms with Crippen LogP contribution in [0.1, 0.15) is 35.7 Å². The number of benzene rings is 1. The number of fused-ring (bicyclic) bond motifs is 1. The Hall–Kier alpha value is -2.57. The molecule has 1 aromatic carbocycles. The number of amides is 4. The summed E-state index contributed by atoms with van der Waals surface area (Å²) in [6.45, 7) is 4.85. The van der Waals surface area contributed by atoms with Crippen LogP contribution in [-0.2, 0) is 11.2 Å². The fourth-order valence-corrected chi connectivity index (χ4v) is 3.43. The summed E-state index contributed by atoms with van der Waals surface area (Å²) >= 11 is 0. The van der Waals surface area contributed by atoms with Gasteiger partial charge in [0, 0.05) is 57.4 Å². The lowest BCUT2D eigenvalue weighted by Gasteiger charge is -2.35. The Morgan fingerprint density at radius 3 is 2.46 bits per heavy atom. The van der Waals surface area contributed by atoms with E-state index in [0.29, 0.717) is 51.1 Å². The monoisotopic (exact) mass is 358 g/mol. The van der Waals surface area contributed by atoms with Crippen LogP contribution in [0.15, 0.2) is 18.2 Å². The number of piperazine rings is 1. The van der Waals surface area contributed by atoms with E-state index in [0.717, 1.165) is 17.7 Å². The lowest BCUT2D eigenvalue weighted by molar-refractivity contribution is -0.118. The molecule has 0 aromatic heterocycles. The van der Waals surface area contributed by atoms with E-state index in [1.165, 1.54) is 0 Å². The summed E-state index contributed by atoms with van der Waals surface area (Å²) in [5.41, 5.74) is 2.57. The first kappa shape index (κ1) is 18.2. The van der Waals surface area contributed by atoms with Gasteiger partial charge in [-0.15, -0.1) is 0 Å². The number of rotatable bonds is 3. The summed E-state index contributed by atoms with van der Waals surface area (Å²) in [5, 5.41) is 2.87. The first-order valence-electron chi connectivity index (χ1n) is 9.22. The Kier molecular flexibility index (Phi) is 5.44. The van der Waals surface area contributed by atoms with Gasteiger partial charge in [0.25, 0.3) is 5.91 Å². The molecule has 1 N–H and O–H groups in total. The molecule has 7 heteroatoms. The highest BCUT2D eigenvalue weighted by molar-refractivity contribution is 5.99. The van der Waals surface area contributed by atoms with Crippen molar-refractivity contribution in [1.29, 1.82) is 0 Å². The minimum atomic E-state index is -0.0552. The molecule has 2 aliphatic heterocycles. The number of aryl methyl sites for hydroxylation is 1. The molecule has 2 heterocycles. The topological polar surface area (TPSA) is 73.0 Å². The molecule has 0 atom stereocenters. The van der Waals surface area contributed by atoms with E-state index in [-0.39, 0.29) is 17.8 Å². The van der Waals surface area contributed by atoms with Crippen molar-refractivity contribution in [2.45, 2.75) is 26.2 Å². The number of carbonyl (C=O) groups excluding carboxylic acids is 3. The quantitative estimate of drug-likeness (QED) is 0.889. The molecule has 0 saturated carbocycles. The van der Waals surface area contributed by atoms with Crippen molar-refractivity contribution in [2.24, 2.45) is 0 Å². The Bertz CT molecular complexity index is 711. The minimum absolute atomic E-state index is 0.0130. The van der Waals surface area contributed by atoms with E-state index >= 15 is 0 Å². The number of nitrogens with one attached hydrogen (secondary N) is 1. The van der Waals surface area contributed by atoms with Crippen LogP contribution in [0.4, 0.5) is 10.5 Å². The molecule has 1 aromatic rings. The summed E-state index contributed by atoms with van der Waals surface area (Å²) in [6.07, 6.45) is 2.06. The third kappa shape index (κ3) is 3.66. The second-order valence-corrected chi connectivity index (χ2v) is 6.81. The average Bonchev–Trinajstić information content (AvgIpc) is 2.68. The van der Waals surface area contributed by atoms with E-state index in [2.05, 4.69) is 5.32 Å². The van der Waals surface area contributed by atoms with Gasteiger partial charge in [-0.05, 0) is 36.6 Å². The van der Waals surface area contributed by atoms with Crippen molar-refractivity contribution >= 4 is 23.5 Å². The van der Waals surface area contributed by atoms with Gasteiger partial charge in [-0.1, -0.05) is 6.92 Å². The Morgan fingerprint density at radius 2 is 1.77 bits per heavy atom. The van der Waals surface area contributed by atoms with Gasteiger partial charge in [-0.3, -0.25) is 9.59 Å². The van der Waals surface area contributed by atoms with Gasteiger partial charge in [0.1, 0.15) is 0 Å². The fraction of sp³-hybridized carbons (Fsp3) is 0.526. The molecule has 0 radical (unpaired) electrons. The molecule has 0 unspecified atom stereocenters. The smallest absolute Gasteiger partial charge is 0.317 e. The van der Waals surface area contributed by atoms with Gasteiger partial charge in [-0.2, -0.15) is 0 Å². The van der Waals surface area contributed by atoms with Gasteiger partial charge >= 0.3 is 6.03 Å². The molecule has 0 spiro atoms. The van der Waals surface area contributed by atoms with Gasteiger partial charge < -0.3 is 20.0 Å². The molecule has 1 saturated heterocycles. The highest BCUT2D eigenvalue weighted by atomic mass is 16.2. The molecule has 7 nitrogen and oxygen atoms in total. The largest absolute Gasteiger partial charge is 0.338 e. The number of anilines is 1.